The van der Waals surface area contributed by atoms with Crippen LogP contribution >= 0.6 is 0 Å². The average Bonchev–Trinajstić information content (AvgIpc) is 2.80. The normalized spacial score (nSPS) is 36.2. The fourth-order valence-electron chi connectivity index (χ4n) is 4.26. The molecular formula is C20H36N2O8. The molecule has 0 aliphatic carbocycles. The summed E-state index contributed by atoms with van der Waals surface area (Å²) in [6, 6.07) is 0. The van der Waals surface area contributed by atoms with Crippen molar-refractivity contribution in [2.24, 2.45) is 22.3 Å². The molecule has 4 aliphatic heterocycles. The van der Waals surface area contributed by atoms with Gasteiger partial charge in [0.1, 0.15) is 6.79 Å². The highest BCUT2D eigenvalue weighted by atomic mass is 16.8. The Morgan fingerprint density at radius 1 is 0.667 bits per heavy atom. The molecule has 0 aromatic carbocycles. The molecule has 0 amide bonds. The summed E-state index contributed by atoms with van der Waals surface area (Å²) in [5, 5.41) is 0. The van der Waals surface area contributed by atoms with E-state index in [1.54, 1.807) is 0 Å². The van der Waals surface area contributed by atoms with E-state index >= 15 is 0 Å². The highest BCUT2D eigenvalue weighted by Crippen LogP contribution is 2.41. The highest BCUT2D eigenvalue weighted by Gasteiger charge is 2.54. The van der Waals surface area contributed by atoms with E-state index in [2.05, 4.69) is 0 Å². The first-order valence-electron chi connectivity index (χ1n) is 10.9. The fraction of sp³-hybridized carbons (Fsp3) is 1.00. The lowest BCUT2D eigenvalue weighted by Gasteiger charge is -2.52. The zero-order valence-electron chi connectivity index (χ0n) is 17.7. The van der Waals surface area contributed by atoms with Crippen molar-refractivity contribution in [1.82, 2.24) is 0 Å². The Bertz CT molecular complexity index is 517. The van der Waals surface area contributed by atoms with Crippen molar-refractivity contribution in [2.75, 3.05) is 72.7 Å². The second-order valence-electron chi connectivity index (χ2n) is 9.03. The number of nitrogens with two attached hydrogens (primary N) is 2. The molecule has 174 valence electrons. The number of rotatable bonds is 7. The molecule has 4 N–H and O–H groups in total. The van der Waals surface area contributed by atoms with E-state index in [-0.39, 0.29) is 17.1 Å². The molecule has 4 aliphatic rings. The third-order valence-corrected chi connectivity index (χ3v) is 6.19. The summed E-state index contributed by atoms with van der Waals surface area (Å²) in [5.41, 5.74) is 10.7. The first-order valence-corrected chi connectivity index (χ1v) is 10.9. The van der Waals surface area contributed by atoms with Crippen LogP contribution in [0.25, 0.3) is 0 Å². The van der Waals surface area contributed by atoms with Crippen molar-refractivity contribution in [3.8, 4) is 0 Å². The molecule has 0 atom stereocenters. The molecule has 0 radical (unpaired) electrons. The second-order valence-corrected chi connectivity index (χ2v) is 9.03. The lowest BCUT2D eigenvalue weighted by atomic mass is 9.88. The Labute approximate surface area is 177 Å². The van der Waals surface area contributed by atoms with Crippen LogP contribution in [0.2, 0.25) is 0 Å². The molecule has 4 saturated heterocycles. The van der Waals surface area contributed by atoms with Crippen LogP contribution in [0.15, 0.2) is 0 Å². The van der Waals surface area contributed by atoms with Gasteiger partial charge in [-0.15, -0.1) is 0 Å². The average molecular weight is 433 g/mol. The van der Waals surface area contributed by atoms with E-state index in [1.165, 1.54) is 0 Å². The maximum absolute atomic E-state index is 6.28. The Morgan fingerprint density at radius 2 is 1.23 bits per heavy atom. The molecule has 30 heavy (non-hydrogen) atoms. The van der Waals surface area contributed by atoms with Gasteiger partial charge in [-0.05, 0) is 32.4 Å². The van der Waals surface area contributed by atoms with Crippen molar-refractivity contribution >= 4 is 0 Å². The molecule has 0 aromatic rings. The predicted molar refractivity (Wildman–Crippen MR) is 104 cm³/mol. The van der Waals surface area contributed by atoms with Crippen LogP contribution in [-0.4, -0.2) is 91.1 Å². The number of ether oxygens (including phenoxy) is 8. The summed E-state index contributed by atoms with van der Waals surface area (Å²) >= 11 is 0. The minimum Gasteiger partial charge on any atom is -0.355 e. The van der Waals surface area contributed by atoms with Gasteiger partial charge >= 0.3 is 0 Å². The van der Waals surface area contributed by atoms with Crippen molar-refractivity contribution in [3.05, 3.63) is 0 Å². The molecule has 4 heterocycles. The zero-order chi connectivity index (χ0) is 20.9. The van der Waals surface area contributed by atoms with Crippen LogP contribution < -0.4 is 11.5 Å². The van der Waals surface area contributed by atoms with Gasteiger partial charge in [0, 0.05) is 6.42 Å². The quantitative estimate of drug-likeness (QED) is 0.564. The summed E-state index contributed by atoms with van der Waals surface area (Å²) in [5.74, 6) is -0.982. The highest BCUT2D eigenvalue weighted by molar-refractivity contribution is 4.92. The third kappa shape index (κ3) is 4.98. The Balaban J connectivity index is 1.33. The summed E-state index contributed by atoms with van der Waals surface area (Å²) in [7, 11) is 0. The predicted octanol–water partition coefficient (Wildman–Crippen LogP) is -0.0698. The molecule has 0 bridgehead atoms. The van der Waals surface area contributed by atoms with Crippen LogP contribution in [0.5, 0.6) is 0 Å². The monoisotopic (exact) mass is 432 g/mol. The van der Waals surface area contributed by atoms with E-state index in [0.717, 1.165) is 19.3 Å². The number of hydrogen-bond acceptors (Lipinski definition) is 10. The van der Waals surface area contributed by atoms with E-state index < -0.39 is 12.1 Å². The minimum absolute atomic E-state index is 0.200. The van der Waals surface area contributed by atoms with Crippen LogP contribution in [0.4, 0.5) is 0 Å². The summed E-state index contributed by atoms with van der Waals surface area (Å²) in [4.78, 5) is 0. The molecule has 10 heteroatoms. The molecule has 4 fully saturated rings. The van der Waals surface area contributed by atoms with Gasteiger partial charge < -0.3 is 49.4 Å². The van der Waals surface area contributed by atoms with Gasteiger partial charge in [0.2, 0.25) is 12.1 Å². The van der Waals surface area contributed by atoms with Gasteiger partial charge in [-0.3, -0.25) is 0 Å². The lowest BCUT2D eigenvalue weighted by Crippen LogP contribution is -2.63. The Hall–Kier alpha value is -0.400. The standard InChI is InChI=1S/C20H36N2O8/c21-5-1-3-16-25-9-19(10-26-16)11-27-17(28-12-19)20(4-2-6-22)29-13-18(14-30-20)7-23-15-24-8-18/h16-17H,1-15,21-22H2. The molecule has 0 aromatic heterocycles. The largest absolute Gasteiger partial charge is 0.355 e. The van der Waals surface area contributed by atoms with E-state index in [4.69, 9.17) is 49.4 Å². The summed E-state index contributed by atoms with van der Waals surface area (Å²) < 4.78 is 47.5. The summed E-state index contributed by atoms with van der Waals surface area (Å²) in [6.45, 7) is 5.47. The van der Waals surface area contributed by atoms with E-state index in [1.807, 2.05) is 0 Å². The van der Waals surface area contributed by atoms with Crippen LogP contribution in [-0.2, 0) is 37.9 Å². The van der Waals surface area contributed by atoms with E-state index in [0.29, 0.717) is 79.2 Å². The smallest absolute Gasteiger partial charge is 0.220 e. The second kappa shape index (κ2) is 10.0. The van der Waals surface area contributed by atoms with Gasteiger partial charge in [0.05, 0.1) is 63.7 Å². The van der Waals surface area contributed by atoms with Crippen LogP contribution in [0, 0.1) is 10.8 Å². The van der Waals surface area contributed by atoms with Gasteiger partial charge in [0.15, 0.2) is 6.29 Å². The summed E-state index contributed by atoms with van der Waals surface area (Å²) in [6.07, 6.45) is 2.18. The fourth-order valence-corrected chi connectivity index (χ4v) is 4.26. The van der Waals surface area contributed by atoms with Crippen molar-refractivity contribution in [2.45, 2.75) is 44.1 Å². The minimum atomic E-state index is -0.982. The first kappa shape index (κ1) is 22.8. The maximum Gasteiger partial charge on any atom is 0.220 e. The molecular weight excluding hydrogens is 396 g/mol. The zero-order valence-corrected chi connectivity index (χ0v) is 17.7. The maximum atomic E-state index is 6.28. The van der Waals surface area contributed by atoms with Gasteiger partial charge in [-0.2, -0.15) is 0 Å². The van der Waals surface area contributed by atoms with E-state index in [9.17, 15) is 0 Å². The van der Waals surface area contributed by atoms with Crippen molar-refractivity contribution in [1.29, 1.82) is 0 Å². The molecule has 2 spiro atoms. The number of hydrogen-bond donors (Lipinski definition) is 2. The molecule has 0 saturated carbocycles. The van der Waals surface area contributed by atoms with Crippen LogP contribution in [0.1, 0.15) is 25.7 Å². The van der Waals surface area contributed by atoms with Crippen molar-refractivity contribution < 1.29 is 37.9 Å². The Morgan fingerprint density at radius 3 is 1.83 bits per heavy atom. The van der Waals surface area contributed by atoms with Gasteiger partial charge in [-0.1, -0.05) is 0 Å². The van der Waals surface area contributed by atoms with Crippen LogP contribution in [0.3, 0.4) is 0 Å². The molecule has 10 nitrogen and oxygen atoms in total. The topological polar surface area (TPSA) is 126 Å². The molecule has 4 rings (SSSR count). The Kier molecular flexibility index (Phi) is 7.62. The van der Waals surface area contributed by atoms with Gasteiger partial charge in [0.25, 0.3) is 0 Å². The first-order chi connectivity index (χ1) is 14.6. The SMILES string of the molecule is NCCCC1OCC2(CO1)COC(C1(CCCN)OCC3(COCOC3)CO1)OC2. The van der Waals surface area contributed by atoms with Gasteiger partial charge in [-0.25, -0.2) is 0 Å². The lowest BCUT2D eigenvalue weighted by molar-refractivity contribution is -0.423. The molecule has 0 unspecified atom stereocenters. The van der Waals surface area contributed by atoms with Crippen molar-refractivity contribution in [3.63, 3.8) is 0 Å². The third-order valence-electron chi connectivity index (χ3n) is 6.19.